The van der Waals surface area contributed by atoms with Gasteiger partial charge in [0.25, 0.3) is 0 Å². The number of esters is 1. The summed E-state index contributed by atoms with van der Waals surface area (Å²) in [7, 11) is 3.76. The standard InChI is InChI=1S/C17H26N2O3/c1-14(13-19-10-8-18(2)9-11-19)22-17(20)12-15-4-6-16(21-3)7-5-15/h4-7,14H,8-13H2,1-3H3. The molecule has 0 saturated carbocycles. The van der Waals surface area contributed by atoms with Crippen molar-refractivity contribution in [2.24, 2.45) is 0 Å². The molecule has 0 aromatic heterocycles. The van der Waals surface area contributed by atoms with E-state index in [0.29, 0.717) is 6.42 Å². The largest absolute Gasteiger partial charge is 0.497 e. The van der Waals surface area contributed by atoms with Crippen LogP contribution in [-0.4, -0.2) is 68.8 Å². The molecule has 1 aromatic carbocycles. The molecule has 1 aliphatic heterocycles. The summed E-state index contributed by atoms with van der Waals surface area (Å²) in [5.74, 6) is 0.618. The average Bonchev–Trinajstić information content (AvgIpc) is 2.50. The monoisotopic (exact) mass is 306 g/mol. The van der Waals surface area contributed by atoms with Crippen LogP contribution in [0.2, 0.25) is 0 Å². The topological polar surface area (TPSA) is 42.0 Å². The number of nitrogens with zero attached hydrogens (tertiary/aromatic N) is 2. The Morgan fingerprint density at radius 1 is 1.18 bits per heavy atom. The summed E-state index contributed by atoms with van der Waals surface area (Å²) in [6, 6.07) is 7.50. The van der Waals surface area contributed by atoms with Gasteiger partial charge in [-0.1, -0.05) is 12.1 Å². The van der Waals surface area contributed by atoms with Crippen molar-refractivity contribution in [3.63, 3.8) is 0 Å². The van der Waals surface area contributed by atoms with Crippen LogP contribution < -0.4 is 4.74 Å². The third-order valence-electron chi connectivity index (χ3n) is 3.95. The van der Waals surface area contributed by atoms with E-state index in [-0.39, 0.29) is 12.1 Å². The van der Waals surface area contributed by atoms with E-state index in [9.17, 15) is 4.79 Å². The zero-order valence-corrected chi connectivity index (χ0v) is 13.7. The van der Waals surface area contributed by atoms with Gasteiger partial charge >= 0.3 is 5.97 Å². The van der Waals surface area contributed by atoms with Crippen LogP contribution in [-0.2, 0) is 16.0 Å². The summed E-state index contributed by atoms with van der Waals surface area (Å²) >= 11 is 0. The summed E-state index contributed by atoms with van der Waals surface area (Å²) in [4.78, 5) is 16.7. The SMILES string of the molecule is COc1ccc(CC(=O)OC(C)CN2CCN(C)CC2)cc1. The highest BCUT2D eigenvalue weighted by Crippen LogP contribution is 2.12. The molecular weight excluding hydrogens is 280 g/mol. The maximum absolute atomic E-state index is 12.0. The van der Waals surface area contributed by atoms with Gasteiger partial charge in [0.2, 0.25) is 0 Å². The van der Waals surface area contributed by atoms with E-state index in [1.54, 1.807) is 7.11 Å². The summed E-state index contributed by atoms with van der Waals surface area (Å²) in [6.45, 7) is 7.00. The second kappa shape index (κ2) is 8.15. The molecule has 0 radical (unpaired) electrons. The molecule has 1 fully saturated rings. The molecule has 122 valence electrons. The Kier molecular flexibility index (Phi) is 6.21. The van der Waals surface area contributed by atoms with Gasteiger partial charge in [-0.15, -0.1) is 0 Å². The predicted molar refractivity (Wildman–Crippen MR) is 86.2 cm³/mol. The van der Waals surface area contributed by atoms with E-state index in [4.69, 9.17) is 9.47 Å². The van der Waals surface area contributed by atoms with E-state index in [1.165, 1.54) is 0 Å². The minimum Gasteiger partial charge on any atom is -0.497 e. The van der Waals surface area contributed by atoms with Crippen molar-refractivity contribution in [3.05, 3.63) is 29.8 Å². The molecule has 1 aliphatic rings. The maximum atomic E-state index is 12.0. The van der Waals surface area contributed by atoms with E-state index < -0.39 is 0 Å². The molecule has 1 heterocycles. The van der Waals surface area contributed by atoms with Gasteiger partial charge in [-0.3, -0.25) is 9.69 Å². The van der Waals surface area contributed by atoms with Crippen LogP contribution in [0.5, 0.6) is 5.75 Å². The normalized spacial score (nSPS) is 18.0. The first kappa shape index (κ1) is 16.8. The van der Waals surface area contributed by atoms with Crippen LogP contribution in [0.1, 0.15) is 12.5 Å². The number of hydrogen-bond acceptors (Lipinski definition) is 5. The number of carbonyl (C=O) groups is 1. The van der Waals surface area contributed by atoms with Gasteiger partial charge in [-0.2, -0.15) is 0 Å². The molecule has 1 saturated heterocycles. The van der Waals surface area contributed by atoms with Gasteiger partial charge in [-0.05, 0) is 31.7 Å². The minimum atomic E-state index is -0.174. The molecule has 5 nitrogen and oxygen atoms in total. The van der Waals surface area contributed by atoms with E-state index in [1.807, 2.05) is 31.2 Å². The van der Waals surface area contributed by atoms with Gasteiger partial charge in [0.1, 0.15) is 11.9 Å². The molecule has 0 spiro atoms. The molecule has 22 heavy (non-hydrogen) atoms. The van der Waals surface area contributed by atoms with Crippen molar-refractivity contribution >= 4 is 5.97 Å². The Labute approximate surface area is 132 Å². The first-order chi connectivity index (χ1) is 10.6. The molecule has 1 unspecified atom stereocenters. The lowest BCUT2D eigenvalue weighted by Crippen LogP contribution is -2.47. The Morgan fingerprint density at radius 3 is 2.41 bits per heavy atom. The Morgan fingerprint density at radius 2 is 1.82 bits per heavy atom. The van der Waals surface area contributed by atoms with Gasteiger partial charge in [-0.25, -0.2) is 0 Å². The van der Waals surface area contributed by atoms with Crippen molar-refractivity contribution in [2.45, 2.75) is 19.4 Å². The maximum Gasteiger partial charge on any atom is 0.310 e. The van der Waals surface area contributed by atoms with Crippen LogP contribution >= 0.6 is 0 Å². The van der Waals surface area contributed by atoms with Crippen LogP contribution in [0.4, 0.5) is 0 Å². The van der Waals surface area contributed by atoms with E-state index in [0.717, 1.165) is 44.0 Å². The fourth-order valence-electron chi connectivity index (χ4n) is 2.61. The lowest BCUT2D eigenvalue weighted by atomic mass is 10.1. The highest BCUT2D eigenvalue weighted by molar-refractivity contribution is 5.72. The molecule has 2 rings (SSSR count). The Hall–Kier alpha value is -1.59. The van der Waals surface area contributed by atoms with E-state index in [2.05, 4.69) is 16.8 Å². The molecular formula is C17H26N2O3. The molecule has 0 amide bonds. The van der Waals surface area contributed by atoms with Crippen LogP contribution in [0.3, 0.4) is 0 Å². The number of piperazine rings is 1. The van der Waals surface area contributed by atoms with Crippen molar-refractivity contribution in [1.82, 2.24) is 9.80 Å². The van der Waals surface area contributed by atoms with Crippen LogP contribution in [0, 0.1) is 0 Å². The van der Waals surface area contributed by atoms with Gasteiger partial charge in [0, 0.05) is 32.7 Å². The van der Waals surface area contributed by atoms with Crippen LogP contribution in [0.25, 0.3) is 0 Å². The Bertz CT molecular complexity index is 467. The van der Waals surface area contributed by atoms with Gasteiger partial charge < -0.3 is 14.4 Å². The molecule has 1 aromatic rings. The van der Waals surface area contributed by atoms with Gasteiger partial charge in [0.15, 0.2) is 0 Å². The highest BCUT2D eigenvalue weighted by Gasteiger charge is 2.18. The second-order valence-corrected chi connectivity index (χ2v) is 5.93. The number of hydrogen-bond donors (Lipinski definition) is 0. The zero-order valence-electron chi connectivity index (χ0n) is 13.7. The fourth-order valence-corrected chi connectivity index (χ4v) is 2.61. The minimum absolute atomic E-state index is 0.0749. The lowest BCUT2D eigenvalue weighted by Gasteiger charge is -2.33. The van der Waals surface area contributed by atoms with Crippen molar-refractivity contribution in [2.75, 3.05) is 46.9 Å². The first-order valence-corrected chi connectivity index (χ1v) is 7.80. The quantitative estimate of drug-likeness (QED) is 0.744. The number of methoxy groups -OCH3 is 1. The number of likely N-dealkylation sites (N-methyl/N-ethyl adjacent to an activating group) is 1. The molecule has 0 bridgehead atoms. The lowest BCUT2D eigenvalue weighted by molar-refractivity contribution is -0.148. The first-order valence-electron chi connectivity index (χ1n) is 7.80. The number of carbonyl (C=O) groups excluding carboxylic acids is 1. The second-order valence-electron chi connectivity index (χ2n) is 5.93. The Balaban J connectivity index is 1.73. The molecule has 1 atom stereocenters. The third kappa shape index (κ3) is 5.31. The highest BCUT2D eigenvalue weighted by atomic mass is 16.5. The smallest absolute Gasteiger partial charge is 0.310 e. The predicted octanol–water partition coefficient (Wildman–Crippen LogP) is 1.42. The van der Waals surface area contributed by atoms with Crippen LogP contribution in [0.15, 0.2) is 24.3 Å². The fraction of sp³-hybridized carbons (Fsp3) is 0.588. The summed E-state index contributed by atoms with van der Waals surface area (Å²) in [5, 5.41) is 0. The van der Waals surface area contributed by atoms with Crippen molar-refractivity contribution in [1.29, 1.82) is 0 Å². The number of benzene rings is 1. The third-order valence-corrected chi connectivity index (χ3v) is 3.95. The van der Waals surface area contributed by atoms with Crippen molar-refractivity contribution < 1.29 is 14.3 Å². The zero-order chi connectivity index (χ0) is 15.9. The summed E-state index contributed by atoms with van der Waals surface area (Å²) < 4.78 is 10.6. The average molecular weight is 306 g/mol. The molecule has 5 heteroatoms. The molecule has 0 N–H and O–H groups in total. The van der Waals surface area contributed by atoms with Gasteiger partial charge in [0.05, 0.1) is 13.5 Å². The number of rotatable bonds is 6. The van der Waals surface area contributed by atoms with E-state index >= 15 is 0 Å². The number of ether oxygens (including phenoxy) is 2. The van der Waals surface area contributed by atoms with Crippen molar-refractivity contribution in [3.8, 4) is 5.75 Å². The molecule has 0 aliphatic carbocycles. The summed E-state index contributed by atoms with van der Waals surface area (Å²) in [6.07, 6.45) is 0.228. The summed E-state index contributed by atoms with van der Waals surface area (Å²) in [5.41, 5.74) is 0.942.